The monoisotopic (exact) mass is 391 g/mol. The lowest BCUT2D eigenvalue weighted by Crippen LogP contribution is -2.37. The van der Waals surface area contributed by atoms with Gasteiger partial charge in [0.15, 0.2) is 8.38 Å². The largest absolute Gasteiger partial charge is 0.425 e. The molecule has 1 rings (SSSR count). The van der Waals surface area contributed by atoms with E-state index in [0.29, 0.717) is 25.2 Å². The van der Waals surface area contributed by atoms with Crippen LogP contribution in [-0.2, 0) is 14.3 Å². The van der Waals surface area contributed by atoms with Crippen molar-refractivity contribution in [3.05, 3.63) is 11.4 Å². The third kappa shape index (κ3) is 10.1. The minimum absolute atomic E-state index is 0.254. The number of rotatable bonds is 9. The summed E-state index contributed by atoms with van der Waals surface area (Å²) >= 11 is 0. The van der Waals surface area contributed by atoms with Gasteiger partial charge < -0.3 is 24.4 Å². The number of nitrogens with one attached hydrogen (secondary N) is 1. The summed E-state index contributed by atoms with van der Waals surface area (Å²) in [5.41, 5.74) is 1.04. The van der Waals surface area contributed by atoms with E-state index in [1.165, 1.54) is 12.7 Å². The van der Waals surface area contributed by atoms with E-state index in [4.69, 9.17) is 19.3 Å². The summed E-state index contributed by atoms with van der Waals surface area (Å²) in [6, 6.07) is 0. The second-order valence-electron chi connectivity index (χ2n) is 6.52. The second kappa shape index (κ2) is 12.2. The molecule has 150 valence electrons. The molecule has 0 aromatic rings. The summed E-state index contributed by atoms with van der Waals surface area (Å²) in [6.45, 7) is 3.28. The van der Waals surface area contributed by atoms with Gasteiger partial charge in [-0.25, -0.2) is 4.79 Å². The lowest BCUT2D eigenvalue weighted by molar-refractivity contribution is -0.165. The highest BCUT2D eigenvalue weighted by Gasteiger charge is 2.20. The van der Waals surface area contributed by atoms with Gasteiger partial charge in [0.05, 0.1) is 0 Å². The highest BCUT2D eigenvalue weighted by Crippen LogP contribution is 2.37. The first-order valence-electron chi connectivity index (χ1n) is 9.01. The van der Waals surface area contributed by atoms with E-state index in [1.54, 1.807) is 0 Å². The van der Waals surface area contributed by atoms with Crippen LogP contribution in [0, 0.1) is 5.92 Å². The summed E-state index contributed by atoms with van der Waals surface area (Å²) in [6.07, 6.45) is 2.70. The van der Waals surface area contributed by atoms with E-state index >= 15 is 0 Å². The molecular weight excluding hydrogens is 361 g/mol. The fourth-order valence-corrected chi connectivity index (χ4v) is 3.54. The smallest absolute Gasteiger partial charge is 0.412 e. The summed E-state index contributed by atoms with van der Waals surface area (Å²) in [5.74, 6) is 1.42. The standard InChI is InChI=1S/C17H30NO7P/c1-3-5-16(20)24-12(2)25-17(21)18-15(19)9-8-13-6-4-7-14(10-13)11-26(22)23/h11-13,15,19,22-23H,3-10H2,1-2H3,(H,18,21). The van der Waals surface area contributed by atoms with Crippen LogP contribution in [0.3, 0.4) is 0 Å². The summed E-state index contributed by atoms with van der Waals surface area (Å²) in [4.78, 5) is 41.1. The molecule has 0 saturated heterocycles. The van der Waals surface area contributed by atoms with Crippen molar-refractivity contribution in [2.45, 2.75) is 77.7 Å². The number of amides is 1. The Bertz CT molecular complexity index is 484. The van der Waals surface area contributed by atoms with Crippen molar-refractivity contribution < 1.29 is 34.0 Å². The molecule has 26 heavy (non-hydrogen) atoms. The van der Waals surface area contributed by atoms with Crippen LogP contribution in [-0.4, -0.2) is 39.5 Å². The lowest BCUT2D eigenvalue weighted by atomic mass is 9.83. The van der Waals surface area contributed by atoms with Gasteiger partial charge >= 0.3 is 12.1 Å². The first kappa shape index (κ1) is 22.8. The maximum Gasteiger partial charge on any atom is 0.412 e. The maximum absolute atomic E-state index is 11.7. The first-order chi connectivity index (χ1) is 12.3. The highest BCUT2D eigenvalue weighted by atomic mass is 31.2. The predicted octanol–water partition coefficient (Wildman–Crippen LogP) is 2.87. The summed E-state index contributed by atoms with van der Waals surface area (Å²) in [7, 11) is -2.01. The third-order valence-corrected chi connectivity index (χ3v) is 4.71. The number of esters is 1. The molecule has 1 aliphatic carbocycles. The Morgan fingerprint density at radius 1 is 1.38 bits per heavy atom. The van der Waals surface area contributed by atoms with Gasteiger partial charge in [-0.05, 0) is 56.7 Å². The van der Waals surface area contributed by atoms with E-state index in [-0.39, 0.29) is 6.42 Å². The molecule has 0 aliphatic heterocycles. The quantitative estimate of drug-likeness (QED) is 0.270. The van der Waals surface area contributed by atoms with E-state index in [2.05, 4.69) is 5.32 Å². The third-order valence-electron chi connectivity index (χ3n) is 4.12. The van der Waals surface area contributed by atoms with Crippen LogP contribution in [0.15, 0.2) is 11.4 Å². The van der Waals surface area contributed by atoms with Gasteiger partial charge in [0.25, 0.3) is 0 Å². The van der Waals surface area contributed by atoms with Gasteiger partial charge in [-0.15, -0.1) is 0 Å². The van der Waals surface area contributed by atoms with Crippen molar-refractivity contribution in [3.63, 3.8) is 0 Å². The first-order valence-corrected chi connectivity index (χ1v) is 10.3. The molecule has 4 N–H and O–H groups in total. The van der Waals surface area contributed by atoms with Crippen LogP contribution in [0.4, 0.5) is 4.79 Å². The number of allylic oxidation sites excluding steroid dienone is 1. The molecule has 1 aliphatic rings. The van der Waals surface area contributed by atoms with Crippen LogP contribution < -0.4 is 5.32 Å². The molecule has 3 atom stereocenters. The van der Waals surface area contributed by atoms with Crippen LogP contribution >= 0.6 is 8.38 Å². The molecule has 1 fully saturated rings. The number of hydrogen-bond donors (Lipinski definition) is 4. The van der Waals surface area contributed by atoms with Crippen LogP contribution in [0.1, 0.15) is 65.2 Å². The normalized spacial score (nSPS) is 21.3. The molecule has 0 aromatic carbocycles. The number of aliphatic hydroxyl groups is 1. The highest BCUT2D eigenvalue weighted by molar-refractivity contribution is 7.48. The van der Waals surface area contributed by atoms with E-state index in [0.717, 1.165) is 31.3 Å². The van der Waals surface area contributed by atoms with Crippen molar-refractivity contribution in [2.24, 2.45) is 5.92 Å². The number of alkyl carbamates (subject to hydrolysis) is 1. The number of aliphatic hydroxyl groups excluding tert-OH is 1. The molecule has 3 unspecified atom stereocenters. The average Bonchev–Trinajstić information content (AvgIpc) is 2.52. The Hall–Kier alpha value is -1.21. The SMILES string of the molecule is CCCC(=O)OC(C)OC(=O)NC(O)CCC1CCCC(=CP(O)O)C1. The fourth-order valence-electron chi connectivity index (χ4n) is 2.98. The Kier molecular flexibility index (Phi) is 10.7. The van der Waals surface area contributed by atoms with Gasteiger partial charge in [0.2, 0.25) is 6.29 Å². The average molecular weight is 391 g/mol. The fraction of sp³-hybridized carbons (Fsp3) is 0.765. The van der Waals surface area contributed by atoms with Gasteiger partial charge in [0.1, 0.15) is 6.23 Å². The van der Waals surface area contributed by atoms with Crippen LogP contribution in [0.25, 0.3) is 0 Å². The van der Waals surface area contributed by atoms with Gasteiger partial charge in [-0.2, -0.15) is 0 Å². The molecule has 1 amide bonds. The Morgan fingerprint density at radius 2 is 2.12 bits per heavy atom. The number of carbonyl (C=O) groups is 2. The number of ether oxygens (including phenoxy) is 2. The molecule has 0 heterocycles. The molecule has 9 heteroatoms. The van der Waals surface area contributed by atoms with Crippen molar-refractivity contribution in [2.75, 3.05) is 0 Å². The van der Waals surface area contributed by atoms with Crippen molar-refractivity contribution in [1.29, 1.82) is 0 Å². The van der Waals surface area contributed by atoms with E-state index in [1.807, 2.05) is 6.92 Å². The zero-order chi connectivity index (χ0) is 19.5. The van der Waals surface area contributed by atoms with Crippen LogP contribution in [0.2, 0.25) is 0 Å². The molecule has 0 bridgehead atoms. The Morgan fingerprint density at radius 3 is 2.77 bits per heavy atom. The van der Waals surface area contributed by atoms with Gasteiger partial charge in [-0.3, -0.25) is 10.1 Å². The van der Waals surface area contributed by atoms with Crippen molar-refractivity contribution in [3.8, 4) is 0 Å². The predicted molar refractivity (Wildman–Crippen MR) is 96.7 cm³/mol. The van der Waals surface area contributed by atoms with Gasteiger partial charge in [-0.1, -0.05) is 12.5 Å². The minimum atomic E-state index is -2.01. The van der Waals surface area contributed by atoms with E-state index in [9.17, 15) is 14.7 Å². The Labute approximate surface area is 155 Å². The molecular formula is C17H30NO7P. The summed E-state index contributed by atoms with van der Waals surface area (Å²) in [5, 5.41) is 12.2. The molecule has 0 radical (unpaired) electrons. The lowest BCUT2D eigenvalue weighted by Gasteiger charge is -2.25. The molecule has 8 nitrogen and oxygen atoms in total. The van der Waals surface area contributed by atoms with E-state index < -0.39 is 33.0 Å². The maximum atomic E-state index is 11.7. The topological polar surface area (TPSA) is 125 Å². The zero-order valence-electron chi connectivity index (χ0n) is 15.4. The van der Waals surface area contributed by atoms with Crippen LogP contribution in [0.5, 0.6) is 0 Å². The van der Waals surface area contributed by atoms with Crippen molar-refractivity contribution in [1.82, 2.24) is 5.32 Å². The summed E-state index contributed by atoms with van der Waals surface area (Å²) < 4.78 is 9.77. The Balaban J connectivity index is 2.27. The minimum Gasteiger partial charge on any atom is -0.425 e. The zero-order valence-corrected chi connectivity index (χ0v) is 16.3. The molecule has 0 spiro atoms. The number of carbonyl (C=O) groups excluding carboxylic acids is 2. The van der Waals surface area contributed by atoms with Crippen molar-refractivity contribution >= 4 is 20.4 Å². The molecule has 1 saturated carbocycles. The van der Waals surface area contributed by atoms with Gasteiger partial charge in [0, 0.05) is 13.3 Å². The number of hydrogen-bond acceptors (Lipinski definition) is 7. The molecule has 0 aromatic heterocycles. The second-order valence-corrected chi connectivity index (χ2v) is 7.42.